The molecule has 5 nitrogen and oxygen atoms in total. The first-order valence-corrected chi connectivity index (χ1v) is 7.73. The Balaban J connectivity index is 2.35. The van der Waals surface area contributed by atoms with Gasteiger partial charge in [0.2, 0.25) is 0 Å². The molecule has 2 N–H and O–H groups in total. The second-order valence-corrected chi connectivity index (χ2v) is 5.78. The largest absolute Gasteiger partial charge is 0.479 e. The van der Waals surface area contributed by atoms with E-state index in [-0.39, 0.29) is 17.8 Å². The molecule has 0 saturated heterocycles. The van der Waals surface area contributed by atoms with E-state index in [1.165, 1.54) is 12.1 Å². The summed E-state index contributed by atoms with van der Waals surface area (Å²) in [7, 11) is 0. The van der Waals surface area contributed by atoms with Crippen molar-refractivity contribution in [2.75, 3.05) is 0 Å². The van der Waals surface area contributed by atoms with Crippen LogP contribution in [0.25, 0.3) is 0 Å². The fourth-order valence-electron chi connectivity index (χ4n) is 2.18. The van der Waals surface area contributed by atoms with Crippen LogP contribution >= 0.6 is 11.3 Å². The second kappa shape index (κ2) is 6.60. The Morgan fingerprint density at radius 1 is 1.25 bits per heavy atom. The van der Waals surface area contributed by atoms with Gasteiger partial charge in [-0.15, -0.1) is 11.3 Å². The standard InChI is InChI=1S/C15H13F3N2O3S/c1-2-14(13(22)23,9-6-4-3-5-7-9)20-11(21)10-8-24-12(19-10)15(16,17)18/h3-8H,2H2,1H3,(H,20,21)(H,22,23). The van der Waals surface area contributed by atoms with Crippen molar-refractivity contribution in [2.45, 2.75) is 25.1 Å². The lowest BCUT2D eigenvalue weighted by Gasteiger charge is -2.29. The normalized spacial score (nSPS) is 14.0. The zero-order valence-electron chi connectivity index (χ0n) is 12.4. The van der Waals surface area contributed by atoms with Gasteiger partial charge in [0.15, 0.2) is 10.5 Å². The van der Waals surface area contributed by atoms with Crippen LogP contribution in [0.15, 0.2) is 35.7 Å². The number of aliphatic carboxylic acids is 1. The molecule has 2 aromatic rings. The van der Waals surface area contributed by atoms with Crippen molar-refractivity contribution in [3.8, 4) is 0 Å². The molecule has 0 bridgehead atoms. The van der Waals surface area contributed by atoms with Crippen molar-refractivity contribution >= 4 is 23.2 Å². The highest BCUT2D eigenvalue weighted by atomic mass is 32.1. The van der Waals surface area contributed by atoms with Crippen LogP contribution in [-0.2, 0) is 16.5 Å². The van der Waals surface area contributed by atoms with E-state index >= 15 is 0 Å². The summed E-state index contributed by atoms with van der Waals surface area (Å²) in [5.74, 6) is -2.29. The molecule has 0 radical (unpaired) electrons. The Labute approximate surface area is 139 Å². The molecule has 0 aliphatic rings. The number of hydrogen-bond acceptors (Lipinski definition) is 4. The third-order valence-electron chi connectivity index (χ3n) is 3.47. The average Bonchev–Trinajstić information content (AvgIpc) is 3.03. The summed E-state index contributed by atoms with van der Waals surface area (Å²) in [6, 6.07) is 7.96. The van der Waals surface area contributed by atoms with E-state index < -0.39 is 34.3 Å². The Bertz CT molecular complexity index is 746. The topological polar surface area (TPSA) is 79.3 Å². The number of carboxylic acids is 1. The van der Waals surface area contributed by atoms with E-state index in [9.17, 15) is 27.9 Å². The summed E-state index contributed by atoms with van der Waals surface area (Å²) >= 11 is 0.278. The van der Waals surface area contributed by atoms with Crippen LogP contribution < -0.4 is 5.32 Å². The molecule has 1 amide bonds. The number of nitrogens with zero attached hydrogens (tertiary/aromatic N) is 1. The molecule has 2 rings (SSSR count). The third-order valence-corrected chi connectivity index (χ3v) is 4.36. The van der Waals surface area contributed by atoms with Gasteiger partial charge in [0, 0.05) is 5.38 Å². The number of nitrogens with one attached hydrogen (secondary N) is 1. The van der Waals surface area contributed by atoms with Crippen LogP contribution in [0.5, 0.6) is 0 Å². The molecule has 9 heteroatoms. The zero-order valence-corrected chi connectivity index (χ0v) is 13.2. The minimum Gasteiger partial charge on any atom is -0.479 e. The van der Waals surface area contributed by atoms with E-state index in [0.717, 1.165) is 5.38 Å². The lowest BCUT2D eigenvalue weighted by Crippen LogP contribution is -2.51. The first kappa shape index (κ1) is 17.9. The maximum Gasteiger partial charge on any atom is 0.443 e. The van der Waals surface area contributed by atoms with Gasteiger partial charge in [-0.05, 0) is 12.0 Å². The second-order valence-electron chi connectivity index (χ2n) is 4.92. The number of hydrogen-bond donors (Lipinski definition) is 2. The van der Waals surface area contributed by atoms with E-state index in [0.29, 0.717) is 5.56 Å². The summed E-state index contributed by atoms with van der Waals surface area (Å²) in [5, 5.41) is 11.7. The van der Waals surface area contributed by atoms with Crippen LogP contribution in [-0.4, -0.2) is 22.0 Å². The highest BCUT2D eigenvalue weighted by Crippen LogP contribution is 2.32. The van der Waals surface area contributed by atoms with Gasteiger partial charge < -0.3 is 10.4 Å². The number of halogens is 3. The number of amides is 1. The van der Waals surface area contributed by atoms with E-state index in [1.807, 2.05) is 0 Å². The number of carbonyl (C=O) groups is 2. The van der Waals surface area contributed by atoms with Crippen LogP contribution in [0.1, 0.15) is 34.4 Å². The van der Waals surface area contributed by atoms with Gasteiger partial charge in [-0.25, -0.2) is 9.78 Å². The van der Waals surface area contributed by atoms with Crippen molar-refractivity contribution in [3.63, 3.8) is 0 Å². The van der Waals surface area contributed by atoms with E-state index in [4.69, 9.17) is 0 Å². The first-order chi connectivity index (χ1) is 11.2. The lowest BCUT2D eigenvalue weighted by molar-refractivity contribution is -0.145. The van der Waals surface area contributed by atoms with E-state index in [2.05, 4.69) is 10.3 Å². The highest BCUT2D eigenvalue weighted by Gasteiger charge is 2.41. The monoisotopic (exact) mass is 358 g/mol. The minimum absolute atomic E-state index is 0.00829. The Morgan fingerprint density at radius 3 is 2.33 bits per heavy atom. The molecular formula is C15H13F3N2O3S. The minimum atomic E-state index is -4.66. The third kappa shape index (κ3) is 3.40. The van der Waals surface area contributed by atoms with Crippen LogP contribution in [0.2, 0.25) is 0 Å². The van der Waals surface area contributed by atoms with Gasteiger partial charge in [0.25, 0.3) is 5.91 Å². The molecule has 0 aliphatic heterocycles. The van der Waals surface area contributed by atoms with Crippen LogP contribution in [0, 0.1) is 0 Å². The quantitative estimate of drug-likeness (QED) is 0.860. The number of rotatable bonds is 5. The molecule has 1 aromatic heterocycles. The molecule has 24 heavy (non-hydrogen) atoms. The first-order valence-electron chi connectivity index (χ1n) is 6.85. The predicted molar refractivity (Wildman–Crippen MR) is 80.6 cm³/mol. The number of aromatic nitrogens is 1. The Kier molecular flexibility index (Phi) is 4.93. The molecule has 0 fully saturated rings. The van der Waals surface area contributed by atoms with Gasteiger partial charge in [0.05, 0.1) is 0 Å². The van der Waals surface area contributed by atoms with Gasteiger partial charge >= 0.3 is 12.1 Å². The lowest BCUT2D eigenvalue weighted by atomic mass is 9.87. The van der Waals surface area contributed by atoms with Crippen molar-refractivity contribution in [2.24, 2.45) is 0 Å². The molecule has 1 unspecified atom stereocenters. The van der Waals surface area contributed by atoms with Gasteiger partial charge in [0.1, 0.15) is 5.69 Å². The Hall–Kier alpha value is -2.42. The SMILES string of the molecule is CCC(NC(=O)c1csc(C(F)(F)F)n1)(C(=O)O)c1ccccc1. The molecule has 0 saturated carbocycles. The highest BCUT2D eigenvalue weighted by molar-refractivity contribution is 7.09. The number of benzene rings is 1. The predicted octanol–water partition coefficient (Wildman–Crippen LogP) is 3.28. The molecule has 0 aliphatic carbocycles. The summed E-state index contributed by atoms with van der Waals surface area (Å²) in [6.07, 6.45) is -4.65. The number of carboxylic acid groups (broad SMARTS) is 1. The summed E-state index contributed by atoms with van der Waals surface area (Å²) < 4.78 is 37.8. The summed E-state index contributed by atoms with van der Waals surface area (Å²) in [5.41, 5.74) is -1.90. The van der Waals surface area contributed by atoms with Gasteiger partial charge in [-0.3, -0.25) is 4.79 Å². The van der Waals surface area contributed by atoms with Crippen LogP contribution in [0.3, 0.4) is 0 Å². The van der Waals surface area contributed by atoms with Crippen molar-refractivity contribution < 1.29 is 27.9 Å². The maximum absolute atomic E-state index is 12.6. The average molecular weight is 358 g/mol. The molecule has 1 atom stereocenters. The number of thiazole rings is 1. The fraction of sp³-hybridized carbons (Fsp3) is 0.267. The smallest absolute Gasteiger partial charge is 0.443 e. The van der Waals surface area contributed by atoms with Gasteiger partial charge in [-0.1, -0.05) is 37.3 Å². The molecule has 1 aromatic carbocycles. The van der Waals surface area contributed by atoms with Crippen LogP contribution in [0.4, 0.5) is 13.2 Å². The number of carbonyl (C=O) groups excluding carboxylic acids is 1. The van der Waals surface area contributed by atoms with Gasteiger partial charge in [-0.2, -0.15) is 13.2 Å². The Morgan fingerprint density at radius 2 is 1.88 bits per heavy atom. The molecule has 1 heterocycles. The molecular weight excluding hydrogens is 345 g/mol. The molecule has 0 spiro atoms. The fourth-order valence-corrected chi connectivity index (χ4v) is 2.85. The zero-order chi connectivity index (χ0) is 18.0. The summed E-state index contributed by atoms with van der Waals surface area (Å²) in [4.78, 5) is 27.3. The summed E-state index contributed by atoms with van der Waals surface area (Å²) in [6.45, 7) is 1.56. The van der Waals surface area contributed by atoms with Crippen molar-refractivity contribution in [1.82, 2.24) is 10.3 Å². The molecule has 128 valence electrons. The van der Waals surface area contributed by atoms with Crippen molar-refractivity contribution in [3.05, 3.63) is 52.0 Å². The number of alkyl halides is 3. The maximum atomic E-state index is 12.6. The van der Waals surface area contributed by atoms with Crippen molar-refractivity contribution in [1.29, 1.82) is 0 Å². The van der Waals surface area contributed by atoms with E-state index in [1.54, 1.807) is 25.1 Å².